The Balaban J connectivity index is 3.39. The molecule has 0 bridgehead atoms. The third-order valence-corrected chi connectivity index (χ3v) is 4.61. The molecule has 0 aliphatic heterocycles. The number of esters is 2. The summed E-state index contributed by atoms with van der Waals surface area (Å²) in [5.74, 6) is -0.796. The molecule has 0 aliphatic rings. The summed E-state index contributed by atoms with van der Waals surface area (Å²) in [7, 11) is 0. The van der Waals surface area contributed by atoms with Crippen LogP contribution in [0.25, 0.3) is 0 Å². The maximum atomic E-state index is 11.6. The number of carbonyl (C=O) groups excluding carboxylic acids is 2. The Morgan fingerprint density at radius 3 is 1.93 bits per heavy atom. The second-order valence-corrected chi connectivity index (χ2v) is 7.43. The molecule has 1 unspecified atom stereocenters. The third kappa shape index (κ3) is 19.4. The molecular weight excluding hydrogens is 356 g/mol. The first-order chi connectivity index (χ1) is 13.6. The number of rotatable bonds is 19. The van der Waals surface area contributed by atoms with E-state index in [9.17, 15) is 9.59 Å². The number of hydrogen-bond acceptors (Lipinski definition) is 5. The normalized spacial score (nSPS) is 12.2. The molecule has 0 amide bonds. The third-order valence-electron chi connectivity index (χ3n) is 4.61. The Hall–Kier alpha value is -1.36. The first kappa shape index (κ1) is 26.6. The van der Waals surface area contributed by atoms with Gasteiger partial charge in [0.05, 0.1) is 6.61 Å². The van der Waals surface area contributed by atoms with Crippen molar-refractivity contribution < 1.29 is 24.2 Å². The first-order valence-electron chi connectivity index (χ1n) is 11.2. The van der Waals surface area contributed by atoms with Gasteiger partial charge in [-0.1, -0.05) is 70.4 Å². The highest BCUT2D eigenvalue weighted by molar-refractivity contribution is 5.69. The molecule has 0 rings (SSSR count). The summed E-state index contributed by atoms with van der Waals surface area (Å²) < 4.78 is 9.84. The van der Waals surface area contributed by atoms with Gasteiger partial charge in [0.1, 0.15) is 6.61 Å². The van der Waals surface area contributed by atoms with E-state index in [-0.39, 0.29) is 19.2 Å². The van der Waals surface area contributed by atoms with Crippen LogP contribution in [0.4, 0.5) is 0 Å². The van der Waals surface area contributed by atoms with Gasteiger partial charge in [0, 0.05) is 13.3 Å². The lowest BCUT2D eigenvalue weighted by atomic mass is 10.1. The van der Waals surface area contributed by atoms with Crippen molar-refractivity contribution in [3.05, 3.63) is 12.2 Å². The minimum absolute atomic E-state index is 0.0833. The van der Waals surface area contributed by atoms with Crippen molar-refractivity contribution in [1.82, 2.24) is 0 Å². The second-order valence-electron chi connectivity index (χ2n) is 7.43. The van der Waals surface area contributed by atoms with Gasteiger partial charge < -0.3 is 14.6 Å². The van der Waals surface area contributed by atoms with Crippen molar-refractivity contribution in [2.75, 3.05) is 13.2 Å². The highest BCUT2D eigenvalue weighted by atomic mass is 16.6. The van der Waals surface area contributed by atoms with E-state index in [1.54, 1.807) is 0 Å². The quantitative estimate of drug-likeness (QED) is 0.177. The molecule has 0 fully saturated rings. The first-order valence-corrected chi connectivity index (χ1v) is 11.2. The summed E-state index contributed by atoms with van der Waals surface area (Å²) in [6, 6.07) is 0. The molecule has 1 N–H and O–H groups in total. The van der Waals surface area contributed by atoms with Crippen molar-refractivity contribution in [2.45, 2.75) is 110 Å². The topological polar surface area (TPSA) is 72.8 Å². The van der Waals surface area contributed by atoms with Gasteiger partial charge in [0.25, 0.3) is 0 Å². The predicted octanol–water partition coefficient (Wildman–Crippen LogP) is 5.49. The van der Waals surface area contributed by atoms with Crippen LogP contribution in [0.15, 0.2) is 12.2 Å². The molecule has 1 atom stereocenters. The fourth-order valence-electron chi connectivity index (χ4n) is 2.96. The predicted molar refractivity (Wildman–Crippen MR) is 113 cm³/mol. The van der Waals surface area contributed by atoms with E-state index in [1.165, 1.54) is 64.7 Å². The molecule has 0 aromatic carbocycles. The fraction of sp³-hybridized carbons (Fsp3) is 0.826. The van der Waals surface area contributed by atoms with E-state index >= 15 is 0 Å². The standard InChI is InChI=1S/C23H42O5/c1-3-4-5-6-7-8-9-10-11-12-13-14-15-16-17-18-23(26)27-20-22(19-24)28-21(2)25/h10-11,22,24H,3-9,12-20H2,1-2H3/b11-10-. The molecule has 0 aromatic heterocycles. The number of hydrogen-bond donors (Lipinski definition) is 1. The van der Waals surface area contributed by atoms with Gasteiger partial charge in [-0.3, -0.25) is 9.59 Å². The molecule has 5 nitrogen and oxygen atoms in total. The van der Waals surface area contributed by atoms with Crippen LogP contribution in [0.5, 0.6) is 0 Å². The van der Waals surface area contributed by atoms with Gasteiger partial charge >= 0.3 is 11.9 Å². The summed E-state index contributed by atoms with van der Waals surface area (Å²) in [4.78, 5) is 22.4. The lowest BCUT2D eigenvalue weighted by molar-refractivity contribution is -0.159. The Morgan fingerprint density at radius 1 is 0.857 bits per heavy atom. The summed E-state index contributed by atoms with van der Waals surface area (Å²) in [5, 5.41) is 9.03. The summed E-state index contributed by atoms with van der Waals surface area (Å²) in [5.41, 5.74) is 0. The zero-order valence-corrected chi connectivity index (χ0v) is 18.1. The number of allylic oxidation sites excluding steroid dienone is 2. The van der Waals surface area contributed by atoms with Gasteiger partial charge in [-0.15, -0.1) is 0 Å². The molecule has 0 aromatic rings. The van der Waals surface area contributed by atoms with Crippen molar-refractivity contribution in [2.24, 2.45) is 0 Å². The maximum Gasteiger partial charge on any atom is 0.305 e. The van der Waals surface area contributed by atoms with Crippen molar-refractivity contribution in [1.29, 1.82) is 0 Å². The average molecular weight is 399 g/mol. The Labute approximate surface area is 171 Å². The lowest BCUT2D eigenvalue weighted by Gasteiger charge is -2.14. The number of ether oxygens (including phenoxy) is 2. The van der Waals surface area contributed by atoms with Crippen LogP contribution in [0.1, 0.15) is 104 Å². The van der Waals surface area contributed by atoms with E-state index in [1.807, 2.05) is 0 Å². The van der Waals surface area contributed by atoms with Crippen LogP contribution in [-0.2, 0) is 19.1 Å². The summed E-state index contributed by atoms with van der Waals surface area (Å²) in [6.45, 7) is 3.08. The minimum Gasteiger partial charge on any atom is -0.462 e. The number of aliphatic hydroxyl groups excluding tert-OH is 1. The van der Waals surface area contributed by atoms with Crippen LogP contribution < -0.4 is 0 Å². The molecule has 0 aliphatic carbocycles. The van der Waals surface area contributed by atoms with Crippen LogP contribution in [0, 0.1) is 0 Å². The molecule has 0 saturated heterocycles. The Morgan fingerprint density at radius 2 is 1.39 bits per heavy atom. The highest BCUT2D eigenvalue weighted by Crippen LogP contribution is 2.10. The lowest BCUT2D eigenvalue weighted by Crippen LogP contribution is -2.27. The molecule has 5 heteroatoms. The largest absolute Gasteiger partial charge is 0.462 e. The SMILES string of the molecule is CCCCCCCC/C=C\CCCCCCCC(=O)OCC(CO)OC(C)=O. The van der Waals surface area contributed by atoms with E-state index in [2.05, 4.69) is 19.1 Å². The van der Waals surface area contributed by atoms with Gasteiger partial charge in [0.2, 0.25) is 0 Å². The summed E-state index contributed by atoms with van der Waals surface area (Å²) in [6.07, 6.45) is 20.1. The van der Waals surface area contributed by atoms with Gasteiger partial charge in [-0.2, -0.15) is 0 Å². The minimum atomic E-state index is -0.768. The van der Waals surface area contributed by atoms with Gasteiger partial charge in [-0.25, -0.2) is 0 Å². The van der Waals surface area contributed by atoms with Gasteiger partial charge in [-0.05, 0) is 32.1 Å². The fourth-order valence-corrected chi connectivity index (χ4v) is 2.96. The van der Waals surface area contributed by atoms with E-state index in [0.717, 1.165) is 25.7 Å². The van der Waals surface area contributed by atoms with Crippen LogP contribution >= 0.6 is 0 Å². The van der Waals surface area contributed by atoms with E-state index in [4.69, 9.17) is 14.6 Å². The van der Waals surface area contributed by atoms with Crippen LogP contribution in [0.2, 0.25) is 0 Å². The molecule has 0 saturated carbocycles. The summed E-state index contributed by atoms with van der Waals surface area (Å²) >= 11 is 0. The molecule has 0 heterocycles. The van der Waals surface area contributed by atoms with E-state index in [0.29, 0.717) is 6.42 Å². The van der Waals surface area contributed by atoms with Crippen molar-refractivity contribution in [3.63, 3.8) is 0 Å². The zero-order chi connectivity index (χ0) is 20.9. The Kier molecular flexibility index (Phi) is 19.4. The van der Waals surface area contributed by atoms with Crippen molar-refractivity contribution in [3.8, 4) is 0 Å². The molecule has 0 spiro atoms. The van der Waals surface area contributed by atoms with E-state index < -0.39 is 12.1 Å². The Bertz CT molecular complexity index is 406. The molecule has 164 valence electrons. The number of carbonyl (C=O) groups is 2. The van der Waals surface area contributed by atoms with Crippen LogP contribution in [0.3, 0.4) is 0 Å². The maximum absolute atomic E-state index is 11.6. The molecular formula is C23H42O5. The average Bonchev–Trinajstić information content (AvgIpc) is 2.67. The van der Waals surface area contributed by atoms with Gasteiger partial charge in [0.15, 0.2) is 6.10 Å². The second kappa shape index (κ2) is 20.4. The number of unbranched alkanes of at least 4 members (excludes halogenated alkanes) is 11. The zero-order valence-electron chi connectivity index (χ0n) is 18.1. The highest BCUT2D eigenvalue weighted by Gasteiger charge is 2.13. The number of aliphatic hydroxyl groups is 1. The van der Waals surface area contributed by atoms with Crippen LogP contribution in [-0.4, -0.2) is 36.4 Å². The van der Waals surface area contributed by atoms with Crippen molar-refractivity contribution >= 4 is 11.9 Å². The smallest absolute Gasteiger partial charge is 0.305 e. The molecule has 0 radical (unpaired) electrons. The molecule has 28 heavy (non-hydrogen) atoms. The monoisotopic (exact) mass is 398 g/mol.